The van der Waals surface area contributed by atoms with E-state index in [1.165, 1.54) is 19.4 Å². The van der Waals surface area contributed by atoms with Gasteiger partial charge in [0.2, 0.25) is 0 Å². The van der Waals surface area contributed by atoms with E-state index in [9.17, 15) is 14.0 Å². The average molecular weight is 492 g/mol. The number of nitrogens with one attached hydrogen (secondary N) is 1. The molecule has 1 aliphatic heterocycles. The molecule has 0 bridgehead atoms. The van der Waals surface area contributed by atoms with Crippen LogP contribution in [0, 0.1) is 5.82 Å². The number of nitrogens with zero attached hydrogens (tertiary/aromatic N) is 2. The lowest BCUT2D eigenvalue weighted by Crippen LogP contribution is -2.19. The number of ether oxygens (including phenoxy) is 2. The predicted molar refractivity (Wildman–Crippen MR) is 116 cm³/mol. The van der Waals surface area contributed by atoms with Crippen LogP contribution in [0.1, 0.15) is 11.1 Å². The van der Waals surface area contributed by atoms with Crippen LogP contribution in [0.4, 0.5) is 4.39 Å². The highest BCUT2D eigenvalue weighted by Gasteiger charge is 2.24. The smallest absolute Gasteiger partial charge is 0.331 e. The van der Waals surface area contributed by atoms with Gasteiger partial charge in [0, 0.05) is 16.1 Å². The van der Waals surface area contributed by atoms with E-state index in [0.29, 0.717) is 21.3 Å². The van der Waals surface area contributed by atoms with Crippen LogP contribution in [0.2, 0.25) is 0 Å². The molecule has 1 heterocycles. The van der Waals surface area contributed by atoms with E-state index in [2.05, 4.69) is 36.2 Å². The van der Waals surface area contributed by atoms with E-state index in [1.54, 1.807) is 36.4 Å². The van der Waals surface area contributed by atoms with Crippen molar-refractivity contribution >= 4 is 51.0 Å². The normalized spacial score (nSPS) is 16.3. The lowest BCUT2D eigenvalue weighted by atomic mass is 10.2. The Bertz CT molecular complexity index is 1070. The first kappa shape index (κ1) is 21.7. The number of carbonyl (C=O) groups is 2. The van der Waals surface area contributed by atoms with Crippen molar-refractivity contribution in [3.05, 3.63) is 74.9 Å². The molecule has 1 aliphatic rings. The number of amidine groups is 1. The molecule has 0 spiro atoms. The Morgan fingerprint density at radius 3 is 2.90 bits per heavy atom. The van der Waals surface area contributed by atoms with Gasteiger partial charge in [-0.15, -0.1) is 5.10 Å². The van der Waals surface area contributed by atoms with E-state index in [0.717, 1.165) is 17.8 Å². The number of thioether (sulfide) groups is 1. The maximum Gasteiger partial charge on any atom is 0.331 e. The van der Waals surface area contributed by atoms with Crippen LogP contribution in [0.3, 0.4) is 0 Å². The molecule has 154 valence electrons. The second kappa shape index (κ2) is 10.2. The molecule has 7 nitrogen and oxygen atoms in total. The Morgan fingerprint density at radius 1 is 1.30 bits per heavy atom. The zero-order chi connectivity index (χ0) is 21.5. The van der Waals surface area contributed by atoms with Crippen molar-refractivity contribution in [3.8, 4) is 5.75 Å². The first-order valence-electron chi connectivity index (χ1n) is 8.51. The quantitative estimate of drug-likeness (QED) is 0.287. The predicted octanol–water partition coefficient (Wildman–Crippen LogP) is 3.78. The molecule has 30 heavy (non-hydrogen) atoms. The molecule has 10 heteroatoms. The van der Waals surface area contributed by atoms with Gasteiger partial charge in [-0.3, -0.25) is 10.1 Å². The number of rotatable bonds is 6. The molecule has 2 aromatic carbocycles. The average Bonchev–Trinajstić information content (AvgIpc) is 3.06. The highest BCUT2D eigenvalue weighted by Crippen LogP contribution is 2.23. The Balaban J connectivity index is 1.62. The molecule has 0 saturated carbocycles. The summed E-state index contributed by atoms with van der Waals surface area (Å²) in [6.07, 6.45) is 2.57. The monoisotopic (exact) mass is 491 g/mol. The van der Waals surface area contributed by atoms with Gasteiger partial charge < -0.3 is 9.47 Å². The van der Waals surface area contributed by atoms with Gasteiger partial charge in [0.05, 0.1) is 18.2 Å². The molecule has 1 N–H and O–H groups in total. The second-order valence-corrected chi connectivity index (χ2v) is 7.78. The van der Waals surface area contributed by atoms with Crippen molar-refractivity contribution in [3.63, 3.8) is 0 Å². The van der Waals surface area contributed by atoms with Gasteiger partial charge in [0.25, 0.3) is 5.91 Å². The molecule has 1 saturated heterocycles. The molecule has 3 rings (SSSR count). The Labute approximate surface area is 184 Å². The van der Waals surface area contributed by atoms with Crippen LogP contribution in [0.5, 0.6) is 5.75 Å². The number of amides is 1. The summed E-state index contributed by atoms with van der Waals surface area (Å²) in [4.78, 5) is 23.2. The maximum absolute atomic E-state index is 13.9. The van der Waals surface area contributed by atoms with Crippen LogP contribution in [0.25, 0.3) is 0 Å². The fourth-order valence-corrected chi connectivity index (χ4v) is 3.35. The molecule has 1 fully saturated rings. The first-order valence-corrected chi connectivity index (χ1v) is 10.1. The van der Waals surface area contributed by atoms with E-state index in [1.807, 2.05) is 0 Å². The maximum atomic E-state index is 13.9. The summed E-state index contributed by atoms with van der Waals surface area (Å²) in [7, 11) is 1.23. The van der Waals surface area contributed by atoms with Gasteiger partial charge in [-0.2, -0.15) is 5.10 Å². The number of carbonyl (C=O) groups excluding carboxylic acids is 2. The van der Waals surface area contributed by atoms with Crippen molar-refractivity contribution in [2.45, 2.75) is 6.61 Å². The molecule has 0 aliphatic carbocycles. The lowest BCUT2D eigenvalue weighted by Gasteiger charge is -2.08. The third-order valence-corrected chi connectivity index (χ3v) is 5.12. The largest absolute Gasteiger partial charge is 0.489 e. The third-order valence-electron chi connectivity index (χ3n) is 3.72. The van der Waals surface area contributed by atoms with E-state index < -0.39 is 11.9 Å². The van der Waals surface area contributed by atoms with Crippen LogP contribution < -0.4 is 10.1 Å². The zero-order valence-electron chi connectivity index (χ0n) is 15.6. The molecular formula is C20H15BrFN3O4S. The molecule has 0 atom stereocenters. The number of hydrogen-bond donors (Lipinski definition) is 1. The number of methoxy groups -OCH3 is 1. The second-order valence-electron chi connectivity index (χ2n) is 5.83. The van der Waals surface area contributed by atoms with E-state index in [-0.39, 0.29) is 22.5 Å². The molecule has 1 amide bonds. The van der Waals surface area contributed by atoms with Gasteiger partial charge in [0.15, 0.2) is 5.17 Å². The topological polar surface area (TPSA) is 89.3 Å². The van der Waals surface area contributed by atoms with Crippen molar-refractivity contribution in [1.29, 1.82) is 0 Å². The molecular weight excluding hydrogens is 477 g/mol. The molecule has 0 aromatic heterocycles. The van der Waals surface area contributed by atoms with Gasteiger partial charge in [0.1, 0.15) is 18.2 Å². The summed E-state index contributed by atoms with van der Waals surface area (Å²) in [6, 6.07) is 11.8. The van der Waals surface area contributed by atoms with Gasteiger partial charge >= 0.3 is 5.97 Å². The molecule has 2 aromatic rings. The van der Waals surface area contributed by atoms with Crippen LogP contribution in [-0.2, 0) is 20.9 Å². The first-order chi connectivity index (χ1) is 14.4. The van der Waals surface area contributed by atoms with Crippen LogP contribution in [0.15, 0.2) is 68.1 Å². The van der Waals surface area contributed by atoms with Crippen molar-refractivity contribution < 1.29 is 23.5 Å². The Morgan fingerprint density at radius 2 is 2.13 bits per heavy atom. The third kappa shape index (κ3) is 6.01. The van der Waals surface area contributed by atoms with E-state index >= 15 is 0 Å². The summed E-state index contributed by atoms with van der Waals surface area (Å²) >= 11 is 4.20. The fraction of sp³-hybridized carbons (Fsp3) is 0.100. The minimum Gasteiger partial charge on any atom is -0.489 e. The Kier molecular flexibility index (Phi) is 7.36. The minimum atomic E-state index is -0.628. The highest BCUT2D eigenvalue weighted by atomic mass is 79.9. The van der Waals surface area contributed by atoms with E-state index in [4.69, 9.17) is 4.74 Å². The van der Waals surface area contributed by atoms with Crippen molar-refractivity contribution in [1.82, 2.24) is 5.32 Å². The van der Waals surface area contributed by atoms with Gasteiger partial charge in [-0.05, 0) is 41.6 Å². The number of hydrogen-bond acceptors (Lipinski definition) is 7. The number of benzene rings is 2. The SMILES string of the molecule is COC(=O)/C=C1/S/C(=N\N=Cc2cccc(OCc3ccc(Br)cc3F)c2)NC1=O. The molecule has 0 unspecified atom stereocenters. The Hall–Kier alpha value is -2.98. The lowest BCUT2D eigenvalue weighted by molar-refractivity contribution is -0.135. The number of esters is 1. The fourth-order valence-electron chi connectivity index (χ4n) is 2.27. The summed E-state index contributed by atoms with van der Waals surface area (Å²) < 4.78 is 24.7. The van der Waals surface area contributed by atoms with Gasteiger partial charge in [-0.25, -0.2) is 9.18 Å². The summed E-state index contributed by atoms with van der Waals surface area (Å²) in [5.41, 5.74) is 1.14. The van der Waals surface area contributed by atoms with Crippen LogP contribution >= 0.6 is 27.7 Å². The van der Waals surface area contributed by atoms with Crippen LogP contribution in [-0.4, -0.2) is 30.4 Å². The van der Waals surface area contributed by atoms with Gasteiger partial charge in [-0.1, -0.05) is 34.1 Å². The van der Waals surface area contributed by atoms with Crippen molar-refractivity contribution in [2.75, 3.05) is 7.11 Å². The summed E-state index contributed by atoms with van der Waals surface area (Å²) in [6.45, 7) is 0.0833. The number of halogens is 2. The molecule has 0 radical (unpaired) electrons. The highest BCUT2D eigenvalue weighted by molar-refractivity contribution is 9.10. The summed E-state index contributed by atoms with van der Waals surface area (Å²) in [5, 5.41) is 10.6. The standard InChI is InChI=1S/C20H15BrFN3O4S/c1-28-18(26)9-17-19(27)24-20(30-17)25-23-10-12-3-2-4-15(7-12)29-11-13-5-6-14(21)8-16(13)22/h2-10H,11H2,1H3,(H,24,25,27)/b17-9+,23-10?. The minimum absolute atomic E-state index is 0.0833. The zero-order valence-corrected chi connectivity index (χ0v) is 18.0. The van der Waals surface area contributed by atoms with Crippen molar-refractivity contribution in [2.24, 2.45) is 10.2 Å². The summed E-state index contributed by atoms with van der Waals surface area (Å²) in [5.74, 6) is -0.887.